The second-order valence-corrected chi connectivity index (χ2v) is 8.33. The van der Waals surface area contributed by atoms with E-state index in [2.05, 4.69) is 14.8 Å². The molecule has 1 aromatic rings. The molecule has 2 saturated heterocycles. The van der Waals surface area contributed by atoms with Crippen LogP contribution in [0.25, 0.3) is 0 Å². The summed E-state index contributed by atoms with van der Waals surface area (Å²) in [5, 5.41) is 11.3. The fourth-order valence-corrected chi connectivity index (χ4v) is 5.57. The second-order valence-electron chi connectivity index (χ2n) is 7.24. The van der Waals surface area contributed by atoms with Crippen molar-refractivity contribution in [2.45, 2.75) is 62.8 Å². The number of likely N-dealkylation sites (tertiary alicyclic amines) is 1. The number of thiazole rings is 1. The van der Waals surface area contributed by atoms with E-state index in [4.69, 9.17) is 4.74 Å². The van der Waals surface area contributed by atoms with Crippen LogP contribution in [0, 0.1) is 0 Å². The molecule has 1 saturated carbocycles. The van der Waals surface area contributed by atoms with Crippen LogP contribution < -0.4 is 4.90 Å². The Morgan fingerprint density at radius 3 is 2.96 bits per heavy atom. The Labute approximate surface area is 142 Å². The van der Waals surface area contributed by atoms with Gasteiger partial charge in [-0.2, -0.15) is 0 Å². The number of anilines is 1. The zero-order chi connectivity index (χ0) is 15.9. The zero-order valence-corrected chi connectivity index (χ0v) is 14.7. The van der Waals surface area contributed by atoms with Crippen LogP contribution in [0.3, 0.4) is 0 Å². The van der Waals surface area contributed by atoms with Gasteiger partial charge in [0, 0.05) is 50.4 Å². The monoisotopic (exact) mass is 337 g/mol. The summed E-state index contributed by atoms with van der Waals surface area (Å²) in [4.78, 5) is 10.9. The van der Waals surface area contributed by atoms with Gasteiger partial charge >= 0.3 is 0 Å². The third-order valence-corrected chi connectivity index (χ3v) is 6.99. The van der Waals surface area contributed by atoms with Crippen LogP contribution in [0.2, 0.25) is 0 Å². The Kier molecular flexibility index (Phi) is 4.34. The van der Waals surface area contributed by atoms with Crippen molar-refractivity contribution in [1.29, 1.82) is 0 Å². The lowest BCUT2D eigenvalue weighted by atomic mass is 9.79. The van der Waals surface area contributed by atoms with E-state index in [0.717, 1.165) is 51.9 Å². The molecule has 3 heterocycles. The predicted octanol–water partition coefficient (Wildman–Crippen LogP) is 2.25. The third-order valence-electron chi connectivity index (χ3n) is 5.95. The van der Waals surface area contributed by atoms with E-state index in [-0.39, 0.29) is 11.7 Å². The van der Waals surface area contributed by atoms with Crippen LogP contribution in [0.4, 0.5) is 5.13 Å². The fraction of sp³-hybridized carbons (Fsp3) is 0.824. The van der Waals surface area contributed by atoms with E-state index in [1.165, 1.54) is 22.9 Å². The topological polar surface area (TPSA) is 48.8 Å². The SMILES string of the molecule is CO[C@]12CC[C@H](O)C[C@H]1N(Cc1cnc(N3CCCC3)s1)CC2. The lowest BCUT2D eigenvalue weighted by Gasteiger charge is -2.42. The van der Waals surface area contributed by atoms with Crippen molar-refractivity contribution < 1.29 is 9.84 Å². The molecule has 1 N–H and O–H groups in total. The molecule has 23 heavy (non-hydrogen) atoms. The van der Waals surface area contributed by atoms with Crippen molar-refractivity contribution in [1.82, 2.24) is 9.88 Å². The predicted molar refractivity (Wildman–Crippen MR) is 92.0 cm³/mol. The first kappa shape index (κ1) is 15.8. The highest BCUT2D eigenvalue weighted by Crippen LogP contribution is 2.43. The molecule has 3 aliphatic rings. The van der Waals surface area contributed by atoms with Crippen LogP contribution in [-0.4, -0.2) is 59.5 Å². The molecular formula is C17H27N3O2S. The number of rotatable bonds is 4. The third kappa shape index (κ3) is 2.90. The van der Waals surface area contributed by atoms with Crippen LogP contribution in [-0.2, 0) is 11.3 Å². The standard InChI is InChI=1S/C17H27N3O2S/c1-22-17-5-4-13(21)10-15(17)20(9-6-17)12-14-11-18-16(23-14)19-7-2-3-8-19/h11,13,15,21H,2-10,12H2,1H3/t13-,15+,17-/m0/s1. The summed E-state index contributed by atoms with van der Waals surface area (Å²) in [6.45, 7) is 4.30. The normalized spacial score (nSPS) is 35.0. The fourth-order valence-electron chi connectivity index (χ4n) is 4.58. The van der Waals surface area contributed by atoms with Gasteiger partial charge in [-0.05, 0) is 38.5 Å². The van der Waals surface area contributed by atoms with E-state index in [1.54, 1.807) is 0 Å². The van der Waals surface area contributed by atoms with Crippen molar-refractivity contribution in [2.75, 3.05) is 31.6 Å². The summed E-state index contributed by atoms with van der Waals surface area (Å²) >= 11 is 1.83. The van der Waals surface area contributed by atoms with Crippen LogP contribution in [0.1, 0.15) is 43.4 Å². The Morgan fingerprint density at radius 2 is 2.17 bits per heavy atom. The van der Waals surface area contributed by atoms with Crippen LogP contribution >= 0.6 is 11.3 Å². The average Bonchev–Trinajstić information content (AvgIpc) is 3.28. The summed E-state index contributed by atoms with van der Waals surface area (Å²) in [6.07, 6.45) is 8.22. The van der Waals surface area contributed by atoms with Crippen LogP contribution in [0.15, 0.2) is 6.20 Å². The molecular weight excluding hydrogens is 310 g/mol. The van der Waals surface area contributed by atoms with E-state index in [1.807, 2.05) is 24.6 Å². The lowest BCUT2D eigenvalue weighted by Crippen LogP contribution is -2.51. The number of aliphatic hydroxyl groups is 1. The largest absolute Gasteiger partial charge is 0.393 e. The van der Waals surface area contributed by atoms with Gasteiger partial charge in [-0.3, -0.25) is 4.90 Å². The van der Waals surface area contributed by atoms with Gasteiger partial charge in [0.15, 0.2) is 5.13 Å². The van der Waals surface area contributed by atoms with Crippen molar-refractivity contribution in [3.05, 3.63) is 11.1 Å². The zero-order valence-electron chi connectivity index (χ0n) is 13.9. The summed E-state index contributed by atoms with van der Waals surface area (Å²) in [5.74, 6) is 0. The first-order valence-corrected chi connectivity index (χ1v) is 9.69. The number of hydrogen-bond acceptors (Lipinski definition) is 6. The highest BCUT2D eigenvalue weighted by molar-refractivity contribution is 7.15. The van der Waals surface area contributed by atoms with Crippen LogP contribution in [0.5, 0.6) is 0 Å². The molecule has 1 aromatic heterocycles. The maximum absolute atomic E-state index is 10.1. The molecule has 0 spiro atoms. The molecule has 0 aromatic carbocycles. The highest BCUT2D eigenvalue weighted by Gasteiger charge is 2.50. The van der Waals surface area contributed by atoms with Gasteiger partial charge in [0.05, 0.1) is 11.7 Å². The number of fused-ring (bicyclic) bond motifs is 1. The molecule has 128 valence electrons. The maximum Gasteiger partial charge on any atom is 0.185 e. The van der Waals surface area contributed by atoms with Crippen molar-refractivity contribution in [3.8, 4) is 0 Å². The van der Waals surface area contributed by atoms with Gasteiger partial charge < -0.3 is 14.7 Å². The number of nitrogens with zero attached hydrogens (tertiary/aromatic N) is 3. The van der Waals surface area contributed by atoms with Gasteiger partial charge in [-0.25, -0.2) is 4.98 Å². The van der Waals surface area contributed by atoms with E-state index >= 15 is 0 Å². The quantitative estimate of drug-likeness (QED) is 0.913. The Balaban J connectivity index is 1.46. The highest BCUT2D eigenvalue weighted by atomic mass is 32.1. The molecule has 0 radical (unpaired) electrons. The Morgan fingerprint density at radius 1 is 1.35 bits per heavy atom. The Bertz CT molecular complexity index is 546. The molecule has 0 unspecified atom stereocenters. The summed E-state index contributed by atoms with van der Waals surface area (Å²) in [6, 6.07) is 0.341. The smallest absolute Gasteiger partial charge is 0.185 e. The Hall–Kier alpha value is -0.690. The number of ether oxygens (including phenoxy) is 1. The van der Waals surface area contributed by atoms with E-state index in [0.29, 0.717) is 6.04 Å². The van der Waals surface area contributed by atoms with Gasteiger partial charge in [-0.15, -0.1) is 11.3 Å². The van der Waals surface area contributed by atoms with Gasteiger partial charge in [0.2, 0.25) is 0 Å². The van der Waals surface area contributed by atoms with E-state index < -0.39 is 0 Å². The van der Waals surface area contributed by atoms with Gasteiger partial charge in [-0.1, -0.05) is 0 Å². The minimum absolute atomic E-state index is 0.0400. The molecule has 0 amide bonds. The minimum Gasteiger partial charge on any atom is -0.393 e. The van der Waals surface area contributed by atoms with Gasteiger partial charge in [0.25, 0.3) is 0 Å². The van der Waals surface area contributed by atoms with E-state index in [9.17, 15) is 5.11 Å². The molecule has 5 nitrogen and oxygen atoms in total. The first-order valence-electron chi connectivity index (χ1n) is 8.87. The van der Waals surface area contributed by atoms with Crippen molar-refractivity contribution >= 4 is 16.5 Å². The number of aliphatic hydroxyl groups excluding tert-OH is 1. The number of methoxy groups -OCH3 is 1. The lowest BCUT2D eigenvalue weighted by molar-refractivity contribution is -0.0878. The second kappa shape index (κ2) is 6.31. The molecule has 4 rings (SSSR count). The maximum atomic E-state index is 10.1. The summed E-state index contributed by atoms with van der Waals surface area (Å²) in [7, 11) is 1.84. The summed E-state index contributed by atoms with van der Waals surface area (Å²) < 4.78 is 5.93. The first-order chi connectivity index (χ1) is 11.2. The number of aromatic nitrogens is 1. The number of hydrogen-bond donors (Lipinski definition) is 1. The van der Waals surface area contributed by atoms with Gasteiger partial charge in [0.1, 0.15) is 0 Å². The molecule has 3 fully saturated rings. The minimum atomic E-state index is -0.175. The molecule has 1 aliphatic carbocycles. The molecule has 3 atom stereocenters. The average molecular weight is 337 g/mol. The molecule has 0 bridgehead atoms. The van der Waals surface area contributed by atoms with Crippen molar-refractivity contribution in [3.63, 3.8) is 0 Å². The van der Waals surface area contributed by atoms with Crippen molar-refractivity contribution in [2.24, 2.45) is 0 Å². The summed E-state index contributed by atoms with van der Waals surface area (Å²) in [5.41, 5.74) is -0.0400. The molecule has 6 heteroatoms. The molecule has 2 aliphatic heterocycles.